The highest BCUT2D eigenvalue weighted by molar-refractivity contribution is 7.99. The first-order valence-corrected chi connectivity index (χ1v) is 10.5. The lowest BCUT2D eigenvalue weighted by Gasteiger charge is -2.18. The standard InChI is InChI=1S/C19H19Cl2N5OS/c1-3-25(4-2)17(27)12-28-19-24-23-18(13-6-5-9-22-11-13)26(19)16-10-14(20)7-8-15(16)21/h5-11H,3-4,12H2,1-2H3. The number of carbonyl (C=O) groups excluding carboxylic acids is 1. The van der Waals surface area contributed by atoms with Gasteiger partial charge in [0.1, 0.15) is 0 Å². The fraction of sp³-hybridized carbons (Fsp3) is 0.263. The molecule has 0 radical (unpaired) electrons. The summed E-state index contributed by atoms with van der Waals surface area (Å²) >= 11 is 14.0. The Morgan fingerprint density at radius 1 is 1.18 bits per heavy atom. The normalized spacial score (nSPS) is 10.9. The van der Waals surface area contributed by atoms with Crippen molar-refractivity contribution in [3.63, 3.8) is 0 Å². The van der Waals surface area contributed by atoms with E-state index in [1.807, 2.05) is 30.5 Å². The van der Waals surface area contributed by atoms with E-state index in [9.17, 15) is 4.79 Å². The molecule has 0 N–H and O–H groups in total. The minimum Gasteiger partial charge on any atom is -0.343 e. The van der Waals surface area contributed by atoms with Crippen LogP contribution in [0.15, 0.2) is 47.9 Å². The molecule has 1 amide bonds. The smallest absolute Gasteiger partial charge is 0.233 e. The van der Waals surface area contributed by atoms with Gasteiger partial charge in [-0.05, 0) is 44.2 Å². The third kappa shape index (κ3) is 4.48. The Kier molecular flexibility index (Phi) is 6.93. The van der Waals surface area contributed by atoms with E-state index < -0.39 is 0 Å². The van der Waals surface area contributed by atoms with Crippen LogP contribution in [0.4, 0.5) is 0 Å². The Morgan fingerprint density at radius 3 is 2.64 bits per heavy atom. The van der Waals surface area contributed by atoms with Gasteiger partial charge in [0.2, 0.25) is 5.91 Å². The second-order valence-electron chi connectivity index (χ2n) is 5.83. The van der Waals surface area contributed by atoms with Crippen molar-refractivity contribution in [2.45, 2.75) is 19.0 Å². The van der Waals surface area contributed by atoms with Gasteiger partial charge in [-0.1, -0.05) is 35.0 Å². The topological polar surface area (TPSA) is 63.9 Å². The zero-order chi connectivity index (χ0) is 20.1. The fourth-order valence-corrected chi connectivity index (χ4v) is 3.93. The Morgan fingerprint density at radius 2 is 1.96 bits per heavy atom. The number of amides is 1. The van der Waals surface area contributed by atoms with E-state index in [4.69, 9.17) is 23.2 Å². The highest BCUT2D eigenvalue weighted by Crippen LogP contribution is 2.32. The van der Waals surface area contributed by atoms with Crippen LogP contribution in [0.1, 0.15) is 13.8 Å². The van der Waals surface area contributed by atoms with Crippen LogP contribution in [0.25, 0.3) is 17.1 Å². The summed E-state index contributed by atoms with van der Waals surface area (Å²) in [6, 6.07) is 8.91. The van der Waals surface area contributed by atoms with Crippen LogP contribution in [-0.2, 0) is 4.79 Å². The number of carbonyl (C=O) groups is 1. The average molecular weight is 436 g/mol. The van der Waals surface area contributed by atoms with Crippen molar-refractivity contribution in [1.82, 2.24) is 24.6 Å². The number of aromatic nitrogens is 4. The molecule has 2 heterocycles. The van der Waals surface area contributed by atoms with Gasteiger partial charge in [-0.2, -0.15) is 0 Å². The molecule has 146 valence electrons. The minimum absolute atomic E-state index is 0.0460. The molecule has 28 heavy (non-hydrogen) atoms. The van der Waals surface area contributed by atoms with Crippen LogP contribution in [0.3, 0.4) is 0 Å². The molecular weight excluding hydrogens is 417 g/mol. The van der Waals surface area contributed by atoms with Crippen LogP contribution in [0, 0.1) is 0 Å². The van der Waals surface area contributed by atoms with Crippen molar-refractivity contribution in [3.05, 3.63) is 52.8 Å². The molecule has 0 aliphatic rings. The fourth-order valence-electron chi connectivity index (χ4n) is 2.71. The summed E-state index contributed by atoms with van der Waals surface area (Å²) in [6.07, 6.45) is 3.39. The first-order valence-electron chi connectivity index (χ1n) is 8.77. The third-order valence-corrected chi connectivity index (χ3v) is 5.61. The largest absolute Gasteiger partial charge is 0.343 e. The predicted octanol–water partition coefficient (Wildman–Crippen LogP) is 4.60. The van der Waals surface area contributed by atoms with E-state index in [0.29, 0.717) is 39.8 Å². The predicted molar refractivity (Wildman–Crippen MR) is 113 cm³/mol. The molecule has 2 aromatic heterocycles. The lowest BCUT2D eigenvalue weighted by Crippen LogP contribution is -2.31. The molecule has 3 aromatic rings. The second kappa shape index (κ2) is 9.41. The van der Waals surface area contributed by atoms with Gasteiger partial charge < -0.3 is 4.90 Å². The van der Waals surface area contributed by atoms with Gasteiger partial charge in [0, 0.05) is 36.1 Å². The maximum absolute atomic E-state index is 12.4. The zero-order valence-electron chi connectivity index (χ0n) is 15.5. The van der Waals surface area contributed by atoms with E-state index in [1.165, 1.54) is 11.8 Å². The number of rotatable bonds is 7. The molecule has 0 saturated carbocycles. The summed E-state index contributed by atoms with van der Waals surface area (Å²) in [7, 11) is 0. The Labute approximate surface area is 177 Å². The quantitative estimate of drug-likeness (QED) is 0.507. The lowest BCUT2D eigenvalue weighted by atomic mass is 10.2. The first kappa shape index (κ1) is 20.6. The van der Waals surface area contributed by atoms with Crippen LogP contribution in [-0.4, -0.2) is 49.4 Å². The molecule has 3 rings (SSSR count). The van der Waals surface area contributed by atoms with Crippen LogP contribution >= 0.6 is 35.0 Å². The molecular formula is C19H19Cl2N5OS. The molecule has 0 atom stereocenters. The van der Waals surface area contributed by atoms with Crippen molar-refractivity contribution in [3.8, 4) is 17.1 Å². The molecule has 6 nitrogen and oxygen atoms in total. The first-order chi connectivity index (χ1) is 13.5. The van der Waals surface area contributed by atoms with Crippen molar-refractivity contribution < 1.29 is 4.79 Å². The number of pyridine rings is 1. The summed E-state index contributed by atoms with van der Waals surface area (Å²) in [6.45, 7) is 5.26. The minimum atomic E-state index is 0.0460. The number of hydrogen-bond donors (Lipinski definition) is 0. The van der Waals surface area contributed by atoms with Crippen LogP contribution < -0.4 is 0 Å². The van der Waals surface area contributed by atoms with Gasteiger partial charge in [-0.15, -0.1) is 10.2 Å². The Bertz CT molecular complexity index is 960. The van der Waals surface area contributed by atoms with Gasteiger partial charge in [-0.25, -0.2) is 0 Å². The summed E-state index contributed by atoms with van der Waals surface area (Å²) < 4.78 is 1.81. The molecule has 0 unspecified atom stereocenters. The van der Waals surface area contributed by atoms with Crippen molar-refractivity contribution in [1.29, 1.82) is 0 Å². The van der Waals surface area contributed by atoms with Gasteiger partial charge >= 0.3 is 0 Å². The van der Waals surface area contributed by atoms with E-state index in [1.54, 1.807) is 35.5 Å². The van der Waals surface area contributed by atoms with E-state index in [-0.39, 0.29) is 11.7 Å². The highest BCUT2D eigenvalue weighted by Gasteiger charge is 2.20. The van der Waals surface area contributed by atoms with E-state index >= 15 is 0 Å². The molecule has 0 spiro atoms. The molecule has 0 aliphatic carbocycles. The van der Waals surface area contributed by atoms with Crippen molar-refractivity contribution in [2.75, 3.05) is 18.8 Å². The summed E-state index contributed by atoms with van der Waals surface area (Å²) in [4.78, 5) is 18.4. The molecule has 0 aliphatic heterocycles. The Balaban J connectivity index is 2.03. The maximum Gasteiger partial charge on any atom is 0.233 e. The summed E-state index contributed by atoms with van der Waals surface area (Å²) in [5.74, 6) is 0.880. The number of thioether (sulfide) groups is 1. The highest BCUT2D eigenvalue weighted by atomic mass is 35.5. The SMILES string of the molecule is CCN(CC)C(=O)CSc1nnc(-c2cccnc2)n1-c1cc(Cl)ccc1Cl. The van der Waals surface area contributed by atoms with Crippen LogP contribution in [0.2, 0.25) is 10.0 Å². The number of nitrogens with zero attached hydrogens (tertiary/aromatic N) is 5. The number of benzene rings is 1. The summed E-state index contributed by atoms with van der Waals surface area (Å²) in [5.41, 5.74) is 1.43. The van der Waals surface area contributed by atoms with Gasteiger partial charge in [0.25, 0.3) is 0 Å². The molecule has 9 heteroatoms. The van der Waals surface area contributed by atoms with Crippen molar-refractivity contribution in [2.24, 2.45) is 0 Å². The molecule has 0 saturated heterocycles. The van der Waals surface area contributed by atoms with Crippen molar-refractivity contribution >= 4 is 40.9 Å². The zero-order valence-corrected chi connectivity index (χ0v) is 17.8. The van der Waals surface area contributed by atoms with Gasteiger partial charge in [0.05, 0.1) is 16.5 Å². The molecule has 1 aromatic carbocycles. The Hall–Kier alpha value is -2.09. The maximum atomic E-state index is 12.4. The third-order valence-electron chi connectivity index (χ3n) is 4.14. The van der Waals surface area contributed by atoms with Gasteiger partial charge in [0.15, 0.2) is 11.0 Å². The number of hydrogen-bond acceptors (Lipinski definition) is 5. The summed E-state index contributed by atoms with van der Waals surface area (Å²) in [5, 5.41) is 10.2. The van der Waals surface area contributed by atoms with E-state index in [0.717, 1.165) is 5.56 Å². The van der Waals surface area contributed by atoms with Gasteiger partial charge in [-0.3, -0.25) is 14.3 Å². The average Bonchev–Trinajstić information content (AvgIpc) is 3.13. The van der Waals surface area contributed by atoms with Crippen LogP contribution in [0.5, 0.6) is 0 Å². The monoisotopic (exact) mass is 435 g/mol. The lowest BCUT2D eigenvalue weighted by molar-refractivity contribution is -0.127. The van der Waals surface area contributed by atoms with E-state index in [2.05, 4.69) is 15.2 Å². The molecule has 0 bridgehead atoms. The number of halogens is 2. The molecule has 0 fully saturated rings. The second-order valence-corrected chi connectivity index (χ2v) is 7.62.